The molecular formula is C55H48N4O8. The largest absolute Gasteiger partial charge is 0.457 e. The van der Waals surface area contributed by atoms with Gasteiger partial charge in [-0.15, -0.1) is 0 Å². The summed E-state index contributed by atoms with van der Waals surface area (Å²) in [5.74, 6) is 1.82. The molecule has 7 aromatic carbocycles. The van der Waals surface area contributed by atoms with Gasteiger partial charge in [-0.1, -0.05) is 76.4 Å². The molecule has 0 spiro atoms. The second kappa shape index (κ2) is 19.9. The van der Waals surface area contributed by atoms with Crippen LogP contribution in [0, 0.1) is 6.92 Å². The summed E-state index contributed by atoms with van der Waals surface area (Å²) in [6.45, 7) is 2.02. The molecule has 9 rings (SSSR count). The van der Waals surface area contributed by atoms with Gasteiger partial charge in [-0.25, -0.2) is 4.57 Å². The topological polar surface area (TPSA) is 155 Å². The van der Waals surface area contributed by atoms with Gasteiger partial charge >= 0.3 is 0 Å². The number of anilines is 2. The lowest BCUT2D eigenvalue weighted by Crippen LogP contribution is -2.23. The van der Waals surface area contributed by atoms with E-state index in [1.165, 1.54) is 19.2 Å². The summed E-state index contributed by atoms with van der Waals surface area (Å²) in [6, 6.07) is 45.2. The Morgan fingerprint density at radius 2 is 0.776 bits per heavy atom. The smallest absolute Gasteiger partial charge is 0.266 e. The van der Waals surface area contributed by atoms with E-state index < -0.39 is 22.2 Å². The summed E-state index contributed by atoms with van der Waals surface area (Å²) >= 11 is 0. The molecule has 12 nitrogen and oxygen atoms in total. The number of nitrogens with zero attached hydrogens (tertiary/aromatic N) is 2. The Labute approximate surface area is 386 Å². The van der Waals surface area contributed by atoms with Gasteiger partial charge in [0.2, 0.25) is 0 Å². The molecule has 2 aromatic heterocycles. The first kappa shape index (κ1) is 47.6. The number of fused-ring (bicyclic) bond motifs is 2. The number of amides is 2. The molecule has 0 atom stereocenters. The fourth-order valence-electron chi connectivity index (χ4n) is 7.17. The van der Waals surface area contributed by atoms with Crippen molar-refractivity contribution in [2.45, 2.75) is 29.2 Å². The summed E-state index contributed by atoms with van der Waals surface area (Å²) in [5.41, 5.74) is 3.20. The van der Waals surface area contributed by atoms with Crippen LogP contribution in [0.4, 0.5) is 11.4 Å². The first-order chi connectivity index (χ1) is 31.0. The Balaban J connectivity index is 0.00000247. The summed E-state index contributed by atoms with van der Waals surface area (Å²) in [6.07, 6.45) is 3.85. The lowest BCUT2D eigenvalue weighted by molar-refractivity contribution is 0.101. The fraction of sp³-hybridized carbons (Fsp3) is 0.0909. The highest BCUT2D eigenvalue weighted by Gasteiger charge is 2.19. The van der Waals surface area contributed by atoms with Gasteiger partial charge in [-0.3, -0.25) is 33.3 Å². The van der Waals surface area contributed by atoms with Crippen LogP contribution in [-0.4, -0.2) is 20.9 Å². The van der Waals surface area contributed by atoms with Gasteiger partial charge in [-0.05, 0) is 139 Å². The van der Waals surface area contributed by atoms with Gasteiger partial charge in [0, 0.05) is 29.5 Å². The van der Waals surface area contributed by atoms with Crippen LogP contribution in [0.3, 0.4) is 0 Å². The van der Waals surface area contributed by atoms with E-state index >= 15 is 0 Å². The summed E-state index contributed by atoms with van der Waals surface area (Å²) in [5, 5.41) is 6.11. The SMILES string of the molecule is C.C.C.Cc1ccc(Oc2ccc(NC(=O)c3ccc(/C=C/c4ccc(C(=O)Nc5ccc(Oc6ccc(-n7c(=O)c8cc9c(=O)n(C)c(=O)c9cc8c7=O)cc6)cc5)cc4)cc3)cc2)cc1. The number of ether oxygens (including phenoxy) is 2. The minimum Gasteiger partial charge on any atom is -0.457 e. The van der Waals surface area contributed by atoms with Gasteiger partial charge in [0.25, 0.3) is 34.1 Å². The Bertz CT molecular complexity index is 3390. The van der Waals surface area contributed by atoms with Crippen LogP contribution >= 0.6 is 0 Å². The van der Waals surface area contributed by atoms with Crippen molar-refractivity contribution >= 4 is 56.9 Å². The number of nitrogens with one attached hydrogen (secondary N) is 2. The quantitative estimate of drug-likeness (QED) is 0.122. The second-order valence-electron chi connectivity index (χ2n) is 15.1. The highest BCUT2D eigenvalue weighted by Crippen LogP contribution is 2.26. The highest BCUT2D eigenvalue weighted by atomic mass is 16.5. The number of hydrogen-bond donors (Lipinski definition) is 2. The Hall–Kier alpha value is -8.90. The average molecular weight is 893 g/mol. The maximum absolute atomic E-state index is 13.3. The third-order valence-corrected chi connectivity index (χ3v) is 10.7. The van der Waals surface area contributed by atoms with E-state index in [2.05, 4.69) is 10.6 Å². The molecule has 0 radical (unpaired) electrons. The lowest BCUT2D eigenvalue weighted by atomic mass is 10.1. The van der Waals surface area contributed by atoms with E-state index in [0.717, 1.165) is 31.6 Å². The van der Waals surface area contributed by atoms with Crippen LogP contribution in [0.5, 0.6) is 23.0 Å². The first-order valence-corrected chi connectivity index (χ1v) is 20.1. The molecule has 0 bridgehead atoms. The van der Waals surface area contributed by atoms with Crippen molar-refractivity contribution in [3.63, 3.8) is 0 Å². The minimum atomic E-state index is -0.594. The van der Waals surface area contributed by atoms with Crippen molar-refractivity contribution in [3.05, 3.63) is 227 Å². The molecule has 2 heterocycles. The van der Waals surface area contributed by atoms with Crippen LogP contribution in [0.2, 0.25) is 0 Å². The monoisotopic (exact) mass is 892 g/mol. The standard InChI is InChI=1S/C52H36N4O8.3CH4/c1-31-3-21-39(22-4-31)63-40-23-15-36(16-24-40)53-47(57)34-11-7-32(8-12-34)5-6-33-9-13-35(14-10-33)48(58)54-37-17-25-41(26-18-37)64-42-27-19-38(20-28-42)56-51(61)45-29-43-44(30-46(45)52(56)62)50(60)55(2)49(43)59;;;/h3-30H,1-2H3,(H,53,57)(H,54,58);3*1H4/b6-5+;;;. The van der Waals surface area contributed by atoms with Gasteiger partial charge in [-0.2, -0.15) is 0 Å². The number of carbonyl (C=O) groups excluding carboxylic acids is 2. The number of benzene rings is 7. The molecule has 0 unspecified atom stereocenters. The molecule has 2 N–H and O–H groups in total. The molecule has 0 aliphatic heterocycles. The van der Waals surface area contributed by atoms with Crippen molar-refractivity contribution in [1.82, 2.24) is 9.13 Å². The average Bonchev–Trinajstić information content (AvgIpc) is 3.69. The Morgan fingerprint density at radius 1 is 0.448 bits per heavy atom. The Morgan fingerprint density at radius 3 is 1.15 bits per heavy atom. The van der Waals surface area contributed by atoms with Crippen LogP contribution in [0.15, 0.2) is 177 Å². The Kier molecular flexibility index (Phi) is 14.1. The summed E-state index contributed by atoms with van der Waals surface area (Å²) < 4.78 is 13.8. The molecule has 67 heavy (non-hydrogen) atoms. The summed E-state index contributed by atoms with van der Waals surface area (Å²) in [4.78, 5) is 77.4. The van der Waals surface area contributed by atoms with Crippen LogP contribution in [0.25, 0.3) is 39.4 Å². The zero-order chi connectivity index (χ0) is 44.5. The normalized spacial score (nSPS) is 10.8. The third-order valence-electron chi connectivity index (χ3n) is 10.7. The third kappa shape index (κ3) is 9.93. The molecule has 9 aromatic rings. The zero-order valence-electron chi connectivity index (χ0n) is 34.3. The van der Waals surface area contributed by atoms with E-state index in [1.807, 2.05) is 67.6 Å². The summed E-state index contributed by atoms with van der Waals surface area (Å²) in [7, 11) is 1.35. The number of carbonyl (C=O) groups is 2. The lowest BCUT2D eigenvalue weighted by Gasteiger charge is -2.09. The molecule has 2 amide bonds. The molecule has 0 fully saturated rings. The van der Waals surface area contributed by atoms with E-state index in [4.69, 9.17) is 9.47 Å². The number of aromatic nitrogens is 2. The van der Waals surface area contributed by atoms with Gasteiger partial charge < -0.3 is 20.1 Å². The van der Waals surface area contributed by atoms with Gasteiger partial charge in [0.1, 0.15) is 23.0 Å². The van der Waals surface area contributed by atoms with Crippen molar-refractivity contribution in [1.29, 1.82) is 0 Å². The molecular weight excluding hydrogens is 845 g/mol. The molecule has 0 saturated heterocycles. The van der Waals surface area contributed by atoms with E-state index in [-0.39, 0.29) is 55.6 Å². The van der Waals surface area contributed by atoms with Crippen LogP contribution < -0.4 is 42.3 Å². The van der Waals surface area contributed by atoms with Gasteiger partial charge in [0.05, 0.1) is 27.2 Å². The van der Waals surface area contributed by atoms with Crippen LogP contribution in [0.1, 0.15) is 59.7 Å². The fourth-order valence-corrected chi connectivity index (χ4v) is 7.17. The van der Waals surface area contributed by atoms with Crippen molar-refractivity contribution in [2.75, 3.05) is 10.6 Å². The van der Waals surface area contributed by atoms with E-state index in [0.29, 0.717) is 45.4 Å². The molecule has 0 saturated carbocycles. The molecule has 336 valence electrons. The van der Waals surface area contributed by atoms with E-state index in [9.17, 15) is 28.8 Å². The number of hydrogen-bond acceptors (Lipinski definition) is 8. The molecule has 0 aliphatic rings. The number of aryl methyl sites for hydroxylation is 1. The van der Waals surface area contributed by atoms with Crippen molar-refractivity contribution in [2.24, 2.45) is 7.05 Å². The highest BCUT2D eigenvalue weighted by molar-refractivity contribution is 6.05. The minimum absolute atomic E-state index is 0. The predicted molar refractivity (Wildman–Crippen MR) is 269 cm³/mol. The second-order valence-corrected chi connectivity index (χ2v) is 15.1. The predicted octanol–water partition coefficient (Wildman–Crippen LogP) is 10.9. The maximum atomic E-state index is 13.3. The number of rotatable bonds is 11. The van der Waals surface area contributed by atoms with Gasteiger partial charge in [0.15, 0.2) is 0 Å². The first-order valence-electron chi connectivity index (χ1n) is 20.1. The van der Waals surface area contributed by atoms with E-state index in [1.54, 1.807) is 97.1 Å². The van der Waals surface area contributed by atoms with Crippen molar-refractivity contribution < 1.29 is 19.1 Å². The maximum Gasteiger partial charge on any atom is 0.266 e. The molecule has 12 heteroatoms. The van der Waals surface area contributed by atoms with Crippen LogP contribution in [-0.2, 0) is 7.05 Å². The zero-order valence-corrected chi connectivity index (χ0v) is 34.3. The molecule has 0 aliphatic carbocycles. The van der Waals surface area contributed by atoms with Crippen molar-refractivity contribution in [3.8, 4) is 28.7 Å².